The maximum atomic E-state index is 11.5. The summed E-state index contributed by atoms with van der Waals surface area (Å²) in [4.78, 5) is 0. The summed E-state index contributed by atoms with van der Waals surface area (Å²) in [5, 5.41) is 6.68. The van der Waals surface area contributed by atoms with Crippen molar-refractivity contribution >= 4 is 38.7 Å². The van der Waals surface area contributed by atoms with Gasteiger partial charge >= 0.3 is 0 Å². The molecule has 0 heterocycles. The molecule has 0 spiro atoms. The number of nitrogens with zero attached hydrogens (tertiary/aromatic N) is 1. The Hall–Kier alpha value is -1.34. The molecule has 0 saturated heterocycles. The van der Waals surface area contributed by atoms with Crippen LogP contribution in [0.5, 0.6) is 0 Å². The van der Waals surface area contributed by atoms with E-state index in [1.165, 1.54) is 17.6 Å². The molecule has 0 saturated carbocycles. The number of nitrogens with one attached hydrogen (secondary N) is 2. The standard InChI is InChI=1S/C13H21N3O2S2/c1-13(2,3)15-12(19)14-10-7-6-8-11(9-10)16(4)20(5,17)18/h6-9H,1-5H3,(H2,14,15,19). The van der Waals surface area contributed by atoms with E-state index in [0.717, 1.165) is 5.69 Å². The van der Waals surface area contributed by atoms with E-state index in [1.54, 1.807) is 18.2 Å². The Morgan fingerprint density at radius 2 is 1.90 bits per heavy atom. The van der Waals surface area contributed by atoms with Gasteiger partial charge in [0.15, 0.2) is 5.11 Å². The van der Waals surface area contributed by atoms with Crippen molar-refractivity contribution in [2.24, 2.45) is 0 Å². The Bertz CT molecular complexity index is 592. The summed E-state index contributed by atoms with van der Waals surface area (Å²) in [5.74, 6) is 0. The van der Waals surface area contributed by atoms with Gasteiger partial charge in [0.2, 0.25) is 10.0 Å². The second-order valence-corrected chi connectivity index (χ2v) is 8.03. The first-order chi connectivity index (χ1) is 8.99. The fraction of sp³-hybridized carbons (Fsp3) is 0.462. The van der Waals surface area contributed by atoms with Crippen molar-refractivity contribution in [1.29, 1.82) is 0 Å². The van der Waals surface area contributed by atoms with Gasteiger partial charge in [0, 0.05) is 18.3 Å². The second kappa shape index (κ2) is 5.97. The van der Waals surface area contributed by atoms with Crippen LogP contribution >= 0.6 is 12.2 Å². The topological polar surface area (TPSA) is 61.4 Å². The summed E-state index contributed by atoms with van der Waals surface area (Å²) in [6.45, 7) is 6.03. The summed E-state index contributed by atoms with van der Waals surface area (Å²) in [5.41, 5.74) is 1.18. The number of hydrogen-bond donors (Lipinski definition) is 2. The highest BCUT2D eigenvalue weighted by molar-refractivity contribution is 7.92. The third-order valence-electron chi connectivity index (χ3n) is 2.45. The molecule has 1 aromatic rings. The number of benzene rings is 1. The fourth-order valence-corrected chi connectivity index (χ4v) is 2.39. The summed E-state index contributed by atoms with van der Waals surface area (Å²) >= 11 is 5.21. The third-order valence-corrected chi connectivity index (χ3v) is 3.86. The zero-order chi connectivity index (χ0) is 15.6. The predicted molar refractivity (Wildman–Crippen MR) is 88.8 cm³/mol. The molecule has 0 aliphatic rings. The molecule has 0 aliphatic heterocycles. The van der Waals surface area contributed by atoms with Gasteiger partial charge < -0.3 is 10.6 Å². The number of rotatable bonds is 3. The SMILES string of the molecule is CN(c1cccc(NC(=S)NC(C)(C)C)c1)S(C)(=O)=O. The van der Waals surface area contributed by atoms with Gasteiger partial charge in [-0.15, -0.1) is 0 Å². The average molecular weight is 315 g/mol. The molecule has 7 heteroatoms. The minimum Gasteiger partial charge on any atom is -0.358 e. The Balaban J connectivity index is 2.87. The smallest absolute Gasteiger partial charge is 0.231 e. The molecule has 2 N–H and O–H groups in total. The first-order valence-corrected chi connectivity index (χ1v) is 8.38. The molecule has 1 rings (SSSR count). The highest BCUT2D eigenvalue weighted by Gasteiger charge is 2.13. The van der Waals surface area contributed by atoms with Gasteiger partial charge in [-0.3, -0.25) is 4.31 Å². The van der Waals surface area contributed by atoms with Crippen LogP contribution in [0.1, 0.15) is 20.8 Å². The maximum Gasteiger partial charge on any atom is 0.231 e. The number of anilines is 2. The van der Waals surface area contributed by atoms with Crippen LogP contribution in [0.15, 0.2) is 24.3 Å². The quantitative estimate of drug-likeness (QED) is 0.837. The Labute approximate surface area is 126 Å². The molecule has 0 amide bonds. The highest BCUT2D eigenvalue weighted by Crippen LogP contribution is 2.20. The van der Waals surface area contributed by atoms with Crippen LogP contribution in [-0.4, -0.2) is 32.4 Å². The van der Waals surface area contributed by atoms with Crippen LogP contribution in [0.4, 0.5) is 11.4 Å². The van der Waals surface area contributed by atoms with Gasteiger partial charge in [-0.2, -0.15) is 0 Å². The van der Waals surface area contributed by atoms with Crippen LogP contribution in [0.25, 0.3) is 0 Å². The van der Waals surface area contributed by atoms with Crippen LogP contribution in [0, 0.1) is 0 Å². The van der Waals surface area contributed by atoms with Crippen LogP contribution in [0.3, 0.4) is 0 Å². The zero-order valence-electron chi connectivity index (χ0n) is 12.4. The van der Waals surface area contributed by atoms with Crippen molar-refractivity contribution in [3.05, 3.63) is 24.3 Å². The lowest BCUT2D eigenvalue weighted by atomic mass is 10.1. The summed E-state index contributed by atoms with van der Waals surface area (Å²) < 4.78 is 24.3. The lowest BCUT2D eigenvalue weighted by Crippen LogP contribution is -2.42. The van der Waals surface area contributed by atoms with E-state index in [-0.39, 0.29) is 5.54 Å². The monoisotopic (exact) mass is 315 g/mol. The normalized spacial score (nSPS) is 11.8. The van der Waals surface area contributed by atoms with Crippen molar-refractivity contribution in [3.8, 4) is 0 Å². The molecule has 0 aromatic heterocycles. The molecule has 1 aromatic carbocycles. The summed E-state index contributed by atoms with van der Waals surface area (Å²) in [7, 11) is -1.76. The van der Waals surface area contributed by atoms with E-state index in [2.05, 4.69) is 10.6 Å². The van der Waals surface area contributed by atoms with Gasteiger partial charge in [-0.1, -0.05) is 6.07 Å². The maximum absolute atomic E-state index is 11.5. The third kappa shape index (κ3) is 5.34. The minimum absolute atomic E-state index is 0.134. The van der Waals surface area contributed by atoms with Crippen molar-refractivity contribution in [2.75, 3.05) is 22.9 Å². The van der Waals surface area contributed by atoms with E-state index in [0.29, 0.717) is 10.8 Å². The zero-order valence-corrected chi connectivity index (χ0v) is 14.0. The lowest BCUT2D eigenvalue weighted by molar-refractivity contribution is 0.515. The largest absolute Gasteiger partial charge is 0.358 e. The van der Waals surface area contributed by atoms with E-state index in [4.69, 9.17) is 12.2 Å². The second-order valence-electron chi connectivity index (χ2n) is 5.61. The van der Waals surface area contributed by atoms with Crippen LogP contribution in [-0.2, 0) is 10.0 Å². The highest BCUT2D eigenvalue weighted by atomic mass is 32.2. The Kier molecular flexibility index (Phi) is 4.99. The van der Waals surface area contributed by atoms with E-state index >= 15 is 0 Å². The Morgan fingerprint density at radius 3 is 2.40 bits per heavy atom. The number of hydrogen-bond acceptors (Lipinski definition) is 3. The average Bonchev–Trinajstić information content (AvgIpc) is 2.24. The summed E-state index contributed by atoms with van der Waals surface area (Å²) in [6, 6.07) is 7.07. The molecular formula is C13H21N3O2S2. The van der Waals surface area contributed by atoms with Crippen molar-refractivity contribution < 1.29 is 8.42 Å². The lowest BCUT2D eigenvalue weighted by Gasteiger charge is -2.23. The Morgan fingerprint density at radius 1 is 1.30 bits per heavy atom. The van der Waals surface area contributed by atoms with Crippen molar-refractivity contribution in [2.45, 2.75) is 26.3 Å². The molecule has 0 aliphatic carbocycles. The predicted octanol–water partition coefficient (Wildman–Crippen LogP) is 2.17. The molecule has 0 radical (unpaired) electrons. The van der Waals surface area contributed by atoms with E-state index in [9.17, 15) is 8.42 Å². The molecular weight excluding hydrogens is 294 g/mol. The fourth-order valence-electron chi connectivity index (χ4n) is 1.47. The van der Waals surface area contributed by atoms with Gasteiger partial charge in [0.05, 0.1) is 11.9 Å². The molecule has 0 bridgehead atoms. The van der Waals surface area contributed by atoms with Gasteiger partial charge in [-0.05, 0) is 51.2 Å². The first-order valence-electron chi connectivity index (χ1n) is 6.12. The first kappa shape index (κ1) is 16.7. The van der Waals surface area contributed by atoms with E-state index in [1.807, 2.05) is 26.8 Å². The van der Waals surface area contributed by atoms with E-state index < -0.39 is 10.0 Å². The molecule has 0 unspecified atom stereocenters. The molecule has 20 heavy (non-hydrogen) atoms. The van der Waals surface area contributed by atoms with Crippen molar-refractivity contribution in [3.63, 3.8) is 0 Å². The van der Waals surface area contributed by atoms with Crippen LogP contribution in [0.2, 0.25) is 0 Å². The molecule has 112 valence electrons. The molecule has 0 atom stereocenters. The summed E-state index contributed by atoms with van der Waals surface area (Å²) in [6.07, 6.45) is 1.17. The van der Waals surface area contributed by atoms with Crippen LogP contribution < -0.4 is 14.9 Å². The van der Waals surface area contributed by atoms with Crippen molar-refractivity contribution in [1.82, 2.24) is 5.32 Å². The van der Waals surface area contributed by atoms with Gasteiger partial charge in [0.25, 0.3) is 0 Å². The molecule has 0 fully saturated rings. The minimum atomic E-state index is -3.27. The molecule has 5 nitrogen and oxygen atoms in total. The number of sulfonamides is 1. The van der Waals surface area contributed by atoms with Gasteiger partial charge in [0.1, 0.15) is 0 Å². The number of thiocarbonyl (C=S) groups is 1. The van der Waals surface area contributed by atoms with Gasteiger partial charge in [-0.25, -0.2) is 8.42 Å².